The third-order valence-electron chi connectivity index (χ3n) is 6.42. The number of pyridine rings is 1. The van der Waals surface area contributed by atoms with Gasteiger partial charge in [0.05, 0.1) is 35.1 Å². The van der Waals surface area contributed by atoms with Gasteiger partial charge in [0.1, 0.15) is 0 Å². The van der Waals surface area contributed by atoms with Crippen LogP contribution in [-0.2, 0) is 6.54 Å². The number of carbonyl (C=O) groups excluding carboxylic acids is 1. The lowest BCUT2D eigenvalue weighted by Gasteiger charge is -2.34. The van der Waals surface area contributed by atoms with Crippen LogP contribution in [0.5, 0.6) is 0 Å². The number of benzene rings is 1. The predicted molar refractivity (Wildman–Crippen MR) is 131 cm³/mol. The van der Waals surface area contributed by atoms with Gasteiger partial charge in [-0.1, -0.05) is 29.4 Å². The predicted octanol–water partition coefficient (Wildman–Crippen LogP) is 4.24. The van der Waals surface area contributed by atoms with Crippen LogP contribution in [0.15, 0.2) is 47.1 Å². The first-order valence-electron chi connectivity index (χ1n) is 11.8. The van der Waals surface area contributed by atoms with Gasteiger partial charge in [-0.05, 0) is 39.3 Å². The van der Waals surface area contributed by atoms with Crippen molar-refractivity contribution in [2.45, 2.75) is 40.3 Å². The van der Waals surface area contributed by atoms with Crippen LogP contribution in [0, 0.1) is 13.8 Å². The number of hydrogen-bond donors (Lipinski definition) is 0. The van der Waals surface area contributed by atoms with E-state index >= 15 is 0 Å². The Morgan fingerprint density at radius 2 is 1.85 bits per heavy atom. The van der Waals surface area contributed by atoms with Crippen LogP contribution >= 0.6 is 0 Å². The van der Waals surface area contributed by atoms with Crippen molar-refractivity contribution >= 4 is 16.9 Å². The summed E-state index contributed by atoms with van der Waals surface area (Å²) in [6.07, 6.45) is 1.78. The number of amides is 1. The summed E-state index contributed by atoms with van der Waals surface area (Å²) in [6, 6.07) is 12.2. The molecule has 34 heavy (non-hydrogen) atoms. The molecule has 8 nitrogen and oxygen atoms in total. The molecular formula is C26H30N6O2. The highest BCUT2D eigenvalue weighted by Crippen LogP contribution is 2.29. The SMILES string of the molecule is Cc1cc(CN2CCN(C(=O)c3cc(-c4ccccc4C)nc4c3cnn4C(C)C)CC2)on1. The summed E-state index contributed by atoms with van der Waals surface area (Å²) in [6.45, 7) is 11.7. The van der Waals surface area contributed by atoms with Gasteiger partial charge in [0.25, 0.3) is 5.91 Å². The Labute approximate surface area is 199 Å². The smallest absolute Gasteiger partial charge is 0.254 e. The van der Waals surface area contributed by atoms with Gasteiger partial charge in [-0.25, -0.2) is 9.67 Å². The largest absolute Gasteiger partial charge is 0.360 e. The number of aryl methyl sites for hydroxylation is 2. The molecule has 0 unspecified atom stereocenters. The molecular weight excluding hydrogens is 428 g/mol. The van der Waals surface area contributed by atoms with Crippen LogP contribution in [-0.4, -0.2) is 61.8 Å². The van der Waals surface area contributed by atoms with Crippen LogP contribution in [0.3, 0.4) is 0 Å². The van der Waals surface area contributed by atoms with E-state index in [1.54, 1.807) is 6.20 Å². The molecule has 0 atom stereocenters. The monoisotopic (exact) mass is 458 g/mol. The van der Waals surface area contributed by atoms with E-state index in [0.717, 1.165) is 52.4 Å². The average Bonchev–Trinajstić information content (AvgIpc) is 3.44. The molecule has 1 aromatic carbocycles. The molecule has 4 aromatic rings. The Hall–Kier alpha value is -3.52. The van der Waals surface area contributed by atoms with E-state index in [4.69, 9.17) is 9.51 Å². The average molecular weight is 459 g/mol. The van der Waals surface area contributed by atoms with Crippen molar-refractivity contribution in [2.75, 3.05) is 26.2 Å². The normalized spacial score (nSPS) is 14.9. The van der Waals surface area contributed by atoms with Gasteiger partial charge in [-0.3, -0.25) is 9.69 Å². The summed E-state index contributed by atoms with van der Waals surface area (Å²) >= 11 is 0. The van der Waals surface area contributed by atoms with Gasteiger partial charge in [0.2, 0.25) is 0 Å². The van der Waals surface area contributed by atoms with Crippen LogP contribution in [0.2, 0.25) is 0 Å². The lowest BCUT2D eigenvalue weighted by atomic mass is 10.0. The molecule has 0 spiro atoms. The second kappa shape index (κ2) is 9.02. The number of fused-ring (bicyclic) bond motifs is 1. The van der Waals surface area contributed by atoms with Crippen molar-refractivity contribution in [2.24, 2.45) is 0 Å². The van der Waals surface area contributed by atoms with E-state index in [-0.39, 0.29) is 11.9 Å². The number of aromatic nitrogens is 4. The van der Waals surface area contributed by atoms with Crippen LogP contribution < -0.4 is 0 Å². The fraction of sp³-hybridized carbons (Fsp3) is 0.385. The maximum Gasteiger partial charge on any atom is 0.254 e. The number of rotatable bonds is 5. The Morgan fingerprint density at radius 3 is 2.53 bits per heavy atom. The van der Waals surface area contributed by atoms with Gasteiger partial charge in [0.15, 0.2) is 11.4 Å². The molecule has 4 heterocycles. The number of hydrogen-bond acceptors (Lipinski definition) is 6. The molecule has 8 heteroatoms. The topological polar surface area (TPSA) is 80.3 Å². The summed E-state index contributed by atoms with van der Waals surface area (Å²) < 4.78 is 7.25. The quantitative estimate of drug-likeness (QED) is 0.445. The summed E-state index contributed by atoms with van der Waals surface area (Å²) in [5.74, 6) is 0.887. The zero-order chi connectivity index (χ0) is 23.8. The Kier molecular flexibility index (Phi) is 5.91. The fourth-order valence-corrected chi connectivity index (χ4v) is 4.56. The van der Waals surface area contributed by atoms with Gasteiger partial charge < -0.3 is 9.42 Å². The maximum atomic E-state index is 13.7. The third kappa shape index (κ3) is 4.21. The lowest BCUT2D eigenvalue weighted by molar-refractivity contribution is 0.0619. The molecule has 0 saturated carbocycles. The molecule has 0 radical (unpaired) electrons. The Morgan fingerprint density at radius 1 is 1.09 bits per heavy atom. The zero-order valence-corrected chi connectivity index (χ0v) is 20.2. The molecule has 1 aliphatic rings. The third-order valence-corrected chi connectivity index (χ3v) is 6.42. The second-order valence-electron chi connectivity index (χ2n) is 9.29. The highest BCUT2D eigenvalue weighted by Gasteiger charge is 2.26. The minimum Gasteiger partial charge on any atom is -0.360 e. The Bertz CT molecular complexity index is 1330. The van der Waals surface area contributed by atoms with E-state index in [9.17, 15) is 4.79 Å². The molecule has 0 bridgehead atoms. The van der Waals surface area contributed by atoms with Gasteiger partial charge >= 0.3 is 0 Å². The molecule has 0 N–H and O–H groups in total. The number of carbonyl (C=O) groups is 1. The number of piperazine rings is 1. The molecule has 1 aliphatic heterocycles. The van der Waals surface area contributed by atoms with Crippen molar-refractivity contribution in [3.63, 3.8) is 0 Å². The van der Waals surface area contributed by atoms with Crippen molar-refractivity contribution in [1.82, 2.24) is 29.7 Å². The van der Waals surface area contributed by atoms with Crippen molar-refractivity contribution in [1.29, 1.82) is 0 Å². The van der Waals surface area contributed by atoms with E-state index < -0.39 is 0 Å². The summed E-state index contributed by atoms with van der Waals surface area (Å²) in [4.78, 5) is 22.9. The van der Waals surface area contributed by atoms with Crippen LogP contribution in [0.4, 0.5) is 0 Å². The van der Waals surface area contributed by atoms with Crippen LogP contribution in [0.25, 0.3) is 22.3 Å². The van der Waals surface area contributed by atoms with E-state index in [0.29, 0.717) is 25.2 Å². The van der Waals surface area contributed by atoms with Gasteiger partial charge in [-0.2, -0.15) is 5.10 Å². The molecule has 5 rings (SSSR count). The molecule has 1 fully saturated rings. The van der Waals surface area contributed by atoms with Crippen molar-refractivity contribution < 1.29 is 9.32 Å². The van der Waals surface area contributed by atoms with Crippen molar-refractivity contribution in [3.05, 3.63) is 65.2 Å². The summed E-state index contributed by atoms with van der Waals surface area (Å²) in [5.41, 5.74) is 5.25. The first kappa shape index (κ1) is 22.3. The zero-order valence-electron chi connectivity index (χ0n) is 20.2. The molecule has 3 aromatic heterocycles. The number of nitrogens with zero attached hydrogens (tertiary/aromatic N) is 6. The minimum absolute atomic E-state index is 0.0284. The van der Waals surface area contributed by atoms with Gasteiger partial charge in [0, 0.05) is 43.9 Å². The molecule has 1 saturated heterocycles. The van der Waals surface area contributed by atoms with E-state index in [1.165, 1.54) is 0 Å². The summed E-state index contributed by atoms with van der Waals surface area (Å²) in [7, 11) is 0. The molecule has 176 valence electrons. The second-order valence-corrected chi connectivity index (χ2v) is 9.29. The van der Waals surface area contributed by atoms with E-state index in [2.05, 4.69) is 48.1 Å². The van der Waals surface area contributed by atoms with Crippen LogP contribution in [0.1, 0.15) is 47.3 Å². The first-order valence-corrected chi connectivity index (χ1v) is 11.8. The maximum absolute atomic E-state index is 13.7. The lowest BCUT2D eigenvalue weighted by Crippen LogP contribution is -2.48. The fourth-order valence-electron chi connectivity index (χ4n) is 4.56. The first-order chi connectivity index (χ1) is 16.4. The minimum atomic E-state index is 0.0284. The van der Waals surface area contributed by atoms with E-state index in [1.807, 2.05) is 40.8 Å². The summed E-state index contributed by atoms with van der Waals surface area (Å²) in [5, 5.41) is 9.33. The highest BCUT2D eigenvalue weighted by molar-refractivity contribution is 6.06. The standard InChI is InChI=1S/C26H30N6O2/c1-17(2)32-25-23(15-27-32)22(14-24(28-25)21-8-6-5-7-18(21)3)26(33)31-11-9-30(10-12-31)16-20-13-19(4)29-34-20/h5-8,13-15,17H,9-12,16H2,1-4H3. The molecule has 1 amide bonds. The van der Waals surface area contributed by atoms with Crippen molar-refractivity contribution in [3.8, 4) is 11.3 Å². The molecule has 0 aliphatic carbocycles. The van der Waals surface area contributed by atoms with Gasteiger partial charge in [-0.15, -0.1) is 0 Å². The highest BCUT2D eigenvalue weighted by atomic mass is 16.5. The Balaban J connectivity index is 1.44.